The third-order valence-corrected chi connectivity index (χ3v) is 4.92. The molecule has 2 rings (SSSR count). The summed E-state index contributed by atoms with van der Waals surface area (Å²) in [6, 6.07) is 4.71. The van der Waals surface area contributed by atoms with Crippen LogP contribution in [0.2, 0.25) is 10.0 Å². The molecule has 1 aliphatic heterocycles. The molecule has 1 aromatic carbocycles. The van der Waals surface area contributed by atoms with Gasteiger partial charge in [0.15, 0.2) is 0 Å². The highest BCUT2D eigenvalue weighted by atomic mass is 35.5. The number of nitrogens with zero attached hydrogens (tertiary/aromatic N) is 1. The number of hydrogen-bond acceptors (Lipinski definition) is 3. The van der Waals surface area contributed by atoms with Gasteiger partial charge < -0.3 is 4.90 Å². The number of rotatable bonds is 5. The Hall–Kier alpha value is -1.08. The zero-order valence-corrected chi connectivity index (χ0v) is 14.1. The summed E-state index contributed by atoms with van der Waals surface area (Å²) in [4.78, 5) is 14.1. The average Bonchev–Trinajstić information content (AvgIpc) is 2.92. The lowest BCUT2D eigenvalue weighted by Crippen LogP contribution is -2.32. The van der Waals surface area contributed by atoms with Crippen LogP contribution in [-0.4, -0.2) is 38.9 Å². The first-order chi connectivity index (χ1) is 10.3. The molecule has 0 saturated carbocycles. The van der Waals surface area contributed by atoms with Crippen molar-refractivity contribution in [3.63, 3.8) is 0 Å². The largest absolute Gasteiger partial charge is 0.338 e. The Balaban J connectivity index is 1.98. The summed E-state index contributed by atoms with van der Waals surface area (Å²) in [5.74, 6) is -0.0770. The van der Waals surface area contributed by atoms with Gasteiger partial charge in [-0.05, 0) is 30.5 Å². The highest BCUT2D eigenvalue weighted by Gasteiger charge is 2.27. The predicted molar refractivity (Wildman–Crippen MR) is 87.6 cm³/mol. The van der Waals surface area contributed by atoms with Crippen molar-refractivity contribution in [3.05, 3.63) is 45.8 Å². The van der Waals surface area contributed by atoms with E-state index in [2.05, 4.69) is 11.3 Å². The van der Waals surface area contributed by atoms with Crippen LogP contribution in [0, 0.1) is 5.92 Å². The number of benzene rings is 1. The second kappa shape index (κ2) is 7.00. The van der Waals surface area contributed by atoms with Gasteiger partial charge in [0.1, 0.15) is 0 Å². The first-order valence-electron chi connectivity index (χ1n) is 6.68. The molecule has 1 N–H and O–H groups in total. The molecule has 5 nitrogen and oxygen atoms in total. The minimum absolute atomic E-state index is 0.0772. The average molecular weight is 363 g/mol. The third-order valence-electron chi connectivity index (χ3n) is 3.48. The fourth-order valence-electron chi connectivity index (χ4n) is 2.34. The Morgan fingerprint density at radius 1 is 1.36 bits per heavy atom. The van der Waals surface area contributed by atoms with Gasteiger partial charge in [0.2, 0.25) is 10.0 Å². The van der Waals surface area contributed by atoms with Crippen molar-refractivity contribution in [2.75, 3.05) is 19.6 Å². The second-order valence-electron chi connectivity index (χ2n) is 5.12. The first-order valence-corrected chi connectivity index (χ1v) is 8.98. The Morgan fingerprint density at radius 3 is 2.59 bits per heavy atom. The van der Waals surface area contributed by atoms with Crippen molar-refractivity contribution in [2.45, 2.75) is 6.42 Å². The third kappa shape index (κ3) is 4.46. The Bertz CT molecular complexity index is 671. The molecule has 1 fully saturated rings. The summed E-state index contributed by atoms with van der Waals surface area (Å²) in [6.45, 7) is 4.58. The minimum atomic E-state index is -3.43. The maximum atomic E-state index is 12.4. The maximum Gasteiger partial charge on any atom is 0.253 e. The van der Waals surface area contributed by atoms with Gasteiger partial charge in [-0.1, -0.05) is 29.8 Å². The molecule has 120 valence electrons. The van der Waals surface area contributed by atoms with Crippen molar-refractivity contribution in [1.82, 2.24) is 9.62 Å². The quantitative estimate of drug-likeness (QED) is 0.874. The van der Waals surface area contributed by atoms with E-state index in [-0.39, 0.29) is 18.4 Å². The molecule has 0 radical (unpaired) electrons. The Kier molecular flexibility index (Phi) is 5.50. The smallest absolute Gasteiger partial charge is 0.253 e. The zero-order chi connectivity index (χ0) is 16.3. The van der Waals surface area contributed by atoms with Crippen LogP contribution >= 0.6 is 23.2 Å². The number of hydrogen-bond donors (Lipinski definition) is 1. The SMILES string of the molecule is C=CS(=O)(=O)NCC1CCN(C(=O)c2cc(Cl)cc(Cl)c2)C1. The Labute approximate surface area is 139 Å². The van der Waals surface area contributed by atoms with E-state index in [0.29, 0.717) is 28.7 Å². The molecule has 1 heterocycles. The lowest BCUT2D eigenvalue weighted by molar-refractivity contribution is 0.0787. The lowest BCUT2D eigenvalue weighted by Gasteiger charge is -2.17. The van der Waals surface area contributed by atoms with Gasteiger partial charge in [0.05, 0.1) is 0 Å². The van der Waals surface area contributed by atoms with E-state index in [1.807, 2.05) is 0 Å². The monoisotopic (exact) mass is 362 g/mol. The van der Waals surface area contributed by atoms with Gasteiger partial charge in [-0.25, -0.2) is 13.1 Å². The molecule has 1 unspecified atom stereocenters. The summed E-state index contributed by atoms with van der Waals surface area (Å²) in [5, 5.41) is 1.69. The number of halogens is 2. The molecular formula is C14H16Cl2N2O3S. The van der Waals surface area contributed by atoms with E-state index in [1.54, 1.807) is 23.1 Å². The Morgan fingerprint density at radius 2 is 2.00 bits per heavy atom. The highest BCUT2D eigenvalue weighted by Crippen LogP contribution is 2.23. The van der Waals surface area contributed by atoms with Gasteiger partial charge in [0, 0.05) is 40.7 Å². The molecule has 0 spiro atoms. The van der Waals surface area contributed by atoms with Gasteiger partial charge >= 0.3 is 0 Å². The lowest BCUT2D eigenvalue weighted by atomic mass is 10.1. The highest BCUT2D eigenvalue weighted by molar-refractivity contribution is 7.92. The van der Waals surface area contributed by atoms with E-state index in [4.69, 9.17) is 23.2 Å². The molecule has 8 heteroatoms. The van der Waals surface area contributed by atoms with Crippen molar-refractivity contribution in [3.8, 4) is 0 Å². The van der Waals surface area contributed by atoms with Gasteiger partial charge in [-0.2, -0.15) is 0 Å². The van der Waals surface area contributed by atoms with Gasteiger partial charge in [-0.15, -0.1) is 0 Å². The van der Waals surface area contributed by atoms with Crippen LogP contribution in [0.1, 0.15) is 16.8 Å². The summed E-state index contributed by atoms with van der Waals surface area (Å²) < 4.78 is 25.1. The number of carbonyl (C=O) groups excluding carboxylic acids is 1. The summed E-state index contributed by atoms with van der Waals surface area (Å²) in [7, 11) is -3.43. The fourth-order valence-corrected chi connectivity index (χ4v) is 3.45. The van der Waals surface area contributed by atoms with Crippen LogP contribution in [-0.2, 0) is 10.0 Å². The minimum Gasteiger partial charge on any atom is -0.338 e. The van der Waals surface area contributed by atoms with Crippen molar-refractivity contribution in [1.29, 1.82) is 0 Å². The van der Waals surface area contributed by atoms with Crippen LogP contribution in [0.5, 0.6) is 0 Å². The van der Waals surface area contributed by atoms with Crippen molar-refractivity contribution >= 4 is 39.1 Å². The zero-order valence-electron chi connectivity index (χ0n) is 11.8. The molecule has 1 aromatic rings. The van der Waals surface area contributed by atoms with Crippen LogP contribution in [0.15, 0.2) is 30.2 Å². The molecule has 1 amide bonds. The standard InChI is InChI=1S/C14H16Cl2N2O3S/c1-2-22(20,21)17-8-10-3-4-18(9-10)14(19)11-5-12(15)7-13(16)6-11/h2,5-7,10,17H,1,3-4,8-9H2. The number of likely N-dealkylation sites (tertiary alicyclic amines) is 1. The van der Waals surface area contributed by atoms with Crippen LogP contribution in [0.4, 0.5) is 0 Å². The topological polar surface area (TPSA) is 66.5 Å². The normalized spacial score (nSPS) is 18.5. The summed E-state index contributed by atoms with van der Waals surface area (Å²) >= 11 is 11.8. The van der Waals surface area contributed by atoms with Gasteiger partial charge in [0.25, 0.3) is 5.91 Å². The number of carbonyl (C=O) groups is 1. The molecule has 0 aliphatic carbocycles. The predicted octanol–water partition coefficient (Wildman–Crippen LogP) is 2.52. The van der Waals surface area contributed by atoms with E-state index in [9.17, 15) is 13.2 Å². The molecule has 1 atom stereocenters. The molecule has 0 aromatic heterocycles. The van der Waals surface area contributed by atoms with Crippen molar-refractivity contribution in [2.24, 2.45) is 5.92 Å². The van der Waals surface area contributed by atoms with Crippen LogP contribution < -0.4 is 4.72 Å². The van der Waals surface area contributed by atoms with E-state index in [1.165, 1.54) is 0 Å². The van der Waals surface area contributed by atoms with Crippen LogP contribution in [0.3, 0.4) is 0 Å². The van der Waals surface area contributed by atoms with E-state index < -0.39 is 10.0 Å². The fraction of sp³-hybridized carbons (Fsp3) is 0.357. The molecule has 22 heavy (non-hydrogen) atoms. The first kappa shape index (κ1) is 17.3. The van der Waals surface area contributed by atoms with Gasteiger partial charge in [-0.3, -0.25) is 4.79 Å². The number of nitrogens with one attached hydrogen (secondary N) is 1. The number of sulfonamides is 1. The molecule has 1 aliphatic rings. The maximum absolute atomic E-state index is 12.4. The van der Waals surface area contributed by atoms with E-state index >= 15 is 0 Å². The molecule has 0 bridgehead atoms. The number of amides is 1. The summed E-state index contributed by atoms with van der Waals surface area (Å²) in [6.07, 6.45) is 0.736. The van der Waals surface area contributed by atoms with E-state index in [0.717, 1.165) is 11.8 Å². The second-order valence-corrected chi connectivity index (χ2v) is 7.71. The van der Waals surface area contributed by atoms with Crippen molar-refractivity contribution < 1.29 is 13.2 Å². The molecular weight excluding hydrogens is 347 g/mol. The summed E-state index contributed by atoms with van der Waals surface area (Å²) in [5.41, 5.74) is 0.435. The van der Waals surface area contributed by atoms with Crippen LogP contribution in [0.25, 0.3) is 0 Å². The molecule has 1 saturated heterocycles.